The van der Waals surface area contributed by atoms with E-state index in [4.69, 9.17) is 5.73 Å². The van der Waals surface area contributed by atoms with E-state index in [0.717, 1.165) is 38.8 Å². The van der Waals surface area contributed by atoms with E-state index in [-0.39, 0.29) is 35.3 Å². The number of phenols is 1. The fourth-order valence-corrected chi connectivity index (χ4v) is 8.48. The van der Waals surface area contributed by atoms with Gasteiger partial charge in [-0.1, -0.05) is 25.7 Å². The van der Waals surface area contributed by atoms with Crippen molar-refractivity contribution < 1.29 is 39.2 Å². The molecule has 0 heterocycles. The van der Waals surface area contributed by atoms with Crippen molar-refractivity contribution in [3.63, 3.8) is 0 Å². The van der Waals surface area contributed by atoms with Gasteiger partial charge in [-0.05, 0) is 76.4 Å². The Morgan fingerprint density at radius 1 is 1.02 bits per heavy atom. The average molecular weight is 626 g/mol. The van der Waals surface area contributed by atoms with E-state index in [1.54, 1.807) is 14.1 Å². The summed E-state index contributed by atoms with van der Waals surface area (Å²) >= 11 is 0. The minimum atomic E-state index is -2.72. The molecule has 0 aliphatic heterocycles. The number of halogens is 1. The molecule has 1 amide bonds. The highest BCUT2D eigenvalue weighted by atomic mass is 19.1. The summed E-state index contributed by atoms with van der Waals surface area (Å²) in [5, 5.41) is 45.3. The number of nitrogens with two attached hydrogens (primary N) is 1. The lowest BCUT2D eigenvalue weighted by Crippen LogP contribution is -2.65. The largest absolute Gasteiger partial charge is 0.508 e. The SMILES string of the molecule is CN(C)[C@@H]1C(=O)C(C(N)=O)=C(O)[C@@]2(O)C(=O)C3=C(O)c4c(O)cc(CN(CC5CCCCCC5)CC5CC5)c(F)c4C[C@H]3C[C@@H]12. The number of fused-ring (bicyclic) bond motifs is 3. The molecule has 5 aliphatic carbocycles. The van der Waals surface area contributed by atoms with Crippen LogP contribution in [0.4, 0.5) is 4.39 Å². The molecule has 6 rings (SSSR count). The fraction of sp³-hybridized carbons (Fsp3) is 0.618. The molecule has 0 spiro atoms. The third-order valence-electron chi connectivity index (χ3n) is 10.8. The van der Waals surface area contributed by atoms with Gasteiger partial charge in [0.15, 0.2) is 11.4 Å². The quantitative estimate of drug-likeness (QED) is 0.215. The van der Waals surface area contributed by atoms with Crippen molar-refractivity contribution in [3.05, 3.63) is 45.5 Å². The summed E-state index contributed by atoms with van der Waals surface area (Å²) < 4.78 is 16.4. The van der Waals surface area contributed by atoms with Gasteiger partial charge >= 0.3 is 0 Å². The average Bonchev–Trinajstić information content (AvgIpc) is 3.81. The van der Waals surface area contributed by atoms with Gasteiger partial charge in [0.1, 0.15) is 28.7 Å². The second-order valence-corrected chi connectivity index (χ2v) is 14.2. The Morgan fingerprint density at radius 3 is 2.22 bits per heavy atom. The maximum absolute atomic E-state index is 16.4. The normalized spacial score (nSPS) is 29.2. The zero-order valence-corrected chi connectivity index (χ0v) is 26.0. The second kappa shape index (κ2) is 11.8. The summed E-state index contributed by atoms with van der Waals surface area (Å²) in [6, 6.07) is 0.125. The molecular weight excluding hydrogens is 581 g/mol. The number of hydrogen-bond donors (Lipinski definition) is 5. The van der Waals surface area contributed by atoms with Gasteiger partial charge in [-0.2, -0.15) is 0 Å². The maximum Gasteiger partial charge on any atom is 0.255 e. The lowest BCUT2D eigenvalue weighted by atomic mass is 9.57. The summed E-state index contributed by atoms with van der Waals surface area (Å²) in [4.78, 5) is 43.2. The standard InChI is InChI=1S/C34H44FN3O7/c1-37(2)28-22-12-19-11-21-25(29(40)24(19)31(42)34(22,45)32(43)26(30(28)41)33(36)44)23(39)13-20(27(21)35)16-38(15-18-9-10-18)14-17-7-5-3-4-6-8-17/h13,17-19,22,28,39-40,43,45H,3-12,14-16H2,1-2H3,(H2,36,44)/t19-,22-,28-,34-/m0/s1. The van der Waals surface area contributed by atoms with E-state index in [1.165, 1.54) is 36.6 Å². The topological polar surface area (TPSA) is 165 Å². The third-order valence-corrected chi connectivity index (χ3v) is 10.8. The summed E-state index contributed by atoms with van der Waals surface area (Å²) in [5.41, 5.74) is 1.69. The smallest absolute Gasteiger partial charge is 0.255 e. The van der Waals surface area contributed by atoms with E-state index in [1.807, 2.05) is 0 Å². The summed E-state index contributed by atoms with van der Waals surface area (Å²) in [6.07, 6.45) is 9.40. The first-order valence-electron chi connectivity index (χ1n) is 16.2. The van der Waals surface area contributed by atoms with Crippen LogP contribution in [0.5, 0.6) is 5.75 Å². The molecule has 4 atom stereocenters. The van der Waals surface area contributed by atoms with Crippen LogP contribution in [-0.4, -0.2) is 86.5 Å². The first-order chi connectivity index (χ1) is 21.3. The van der Waals surface area contributed by atoms with Crippen LogP contribution in [0.2, 0.25) is 0 Å². The molecule has 0 radical (unpaired) electrons. The number of carbonyl (C=O) groups is 3. The Balaban J connectivity index is 1.37. The maximum atomic E-state index is 16.4. The molecule has 0 aromatic heterocycles. The highest BCUT2D eigenvalue weighted by Gasteiger charge is 2.64. The van der Waals surface area contributed by atoms with Crippen LogP contribution in [0.15, 0.2) is 23.0 Å². The van der Waals surface area contributed by atoms with Crippen molar-refractivity contribution >= 4 is 23.2 Å². The van der Waals surface area contributed by atoms with E-state index in [0.29, 0.717) is 23.9 Å². The monoisotopic (exact) mass is 625 g/mol. The predicted molar refractivity (Wildman–Crippen MR) is 163 cm³/mol. The Kier molecular flexibility index (Phi) is 8.33. The van der Waals surface area contributed by atoms with Crippen LogP contribution in [0.3, 0.4) is 0 Å². The fourth-order valence-electron chi connectivity index (χ4n) is 8.48. The van der Waals surface area contributed by atoms with Crippen LogP contribution in [0.25, 0.3) is 5.76 Å². The van der Waals surface area contributed by atoms with Gasteiger partial charge in [0.05, 0.1) is 11.6 Å². The lowest BCUT2D eigenvalue weighted by Gasteiger charge is -2.50. The molecule has 1 aromatic carbocycles. The van der Waals surface area contributed by atoms with Gasteiger partial charge < -0.3 is 26.2 Å². The van der Waals surface area contributed by atoms with Crippen LogP contribution in [0, 0.1) is 29.5 Å². The number of aliphatic hydroxyl groups is 3. The molecule has 11 heteroatoms. The minimum absolute atomic E-state index is 0.0625. The Morgan fingerprint density at radius 2 is 1.64 bits per heavy atom. The minimum Gasteiger partial charge on any atom is -0.508 e. The number of rotatable bonds is 8. The number of likely N-dealkylation sites (N-methyl/N-ethyl adjacent to an activating group) is 1. The molecule has 0 saturated heterocycles. The third kappa shape index (κ3) is 5.36. The van der Waals surface area contributed by atoms with Gasteiger partial charge in [-0.25, -0.2) is 4.39 Å². The van der Waals surface area contributed by atoms with Crippen LogP contribution in [0.1, 0.15) is 74.5 Å². The Labute approximate surface area is 262 Å². The number of Topliss-reactive ketones (excluding diaryl/α,β-unsaturated/α-hetero) is 2. The highest BCUT2D eigenvalue weighted by molar-refractivity contribution is 6.24. The molecule has 0 bridgehead atoms. The first-order valence-corrected chi connectivity index (χ1v) is 16.2. The molecule has 6 N–H and O–H groups in total. The number of primary amides is 1. The predicted octanol–water partition coefficient (Wildman–Crippen LogP) is 3.29. The summed E-state index contributed by atoms with van der Waals surface area (Å²) in [7, 11) is 3.08. The Hall–Kier alpha value is -3.28. The van der Waals surface area contributed by atoms with Gasteiger partial charge in [0.2, 0.25) is 5.78 Å². The summed E-state index contributed by atoms with van der Waals surface area (Å²) in [6.45, 7) is 2.05. The number of phenolic OH excluding ortho intramolecular Hbond substituents is 1. The molecule has 1 aromatic rings. The second-order valence-electron chi connectivity index (χ2n) is 14.2. The molecular formula is C34H44FN3O7. The van der Waals surface area contributed by atoms with Gasteiger partial charge in [-0.3, -0.25) is 24.2 Å². The van der Waals surface area contributed by atoms with E-state index in [2.05, 4.69) is 4.90 Å². The molecule has 3 fully saturated rings. The summed E-state index contributed by atoms with van der Waals surface area (Å²) in [5.74, 6) is -6.85. The zero-order valence-electron chi connectivity index (χ0n) is 26.0. The van der Waals surface area contributed by atoms with Crippen LogP contribution < -0.4 is 5.73 Å². The van der Waals surface area contributed by atoms with Crippen molar-refractivity contribution in [2.24, 2.45) is 29.4 Å². The van der Waals surface area contributed by atoms with E-state index >= 15 is 4.39 Å². The number of amides is 1. The molecule has 244 valence electrons. The highest BCUT2D eigenvalue weighted by Crippen LogP contribution is 2.53. The number of aliphatic hydroxyl groups excluding tert-OH is 2. The van der Waals surface area contributed by atoms with Crippen molar-refractivity contribution in [2.75, 3.05) is 27.2 Å². The Bertz CT molecular complexity index is 1490. The van der Waals surface area contributed by atoms with Crippen molar-refractivity contribution in [1.82, 2.24) is 9.80 Å². The lowest BCUT2D eigenvalue weighted by molar-refractivity contribution is -0.153. The van der Waals surface area contributed by atoms with Crippen LogP contribution >= 0.6 is 0 Å². The number of benzene rings is 1. The van der Waals surface area contributed by atoms with Gasteiger partial charge in [-0.15, -0.1) is 0 Å². The van der Waals surface area contributed by atoms with Crippen molar-refractivity contribution in [2.45, 2.75) is 82.4 Å². The van der Waals surface area contributed by atoms with Gasteiger partial charge in [0.25, 0.3) is 5.91 Å². The molecule has 10 nitrogen and oxygen atoms in total. The number of ketones is 2. The molecule has 3 saturated carbocycles. The number of aromatic hydroxyl groups is 1. The molecule has 45 heavy (non-hydrogen) atoms. The zero-order chi connectivity index (χ0) is 32.4. The number of nitrogens with zero attached hydrogens (tertiary/aromatic N) is 2. The van der Waals surface area contributed by atoms with E-state index in [9.17, 15) is 34.8 Å². The van der Waals surface area contributed by atoms with Gasteiger partial charge in [0, 0.05) is 42.3 Å². The van der Waals surface area contributed by atoms with Crippen molar-refractivity contribution in [3.8, 4) is 5.75 Å². The molecule has 0 unspecified atom stereocenters. The van der Waals surface area contributed by atoms with Crippen LogP contribution in [-0.2, 0) is 27.3 Å². The van der Waals surface area contributed by atoms with Crippen molar-refractivity contribution in [1.29, 1.82) is 0 Å². The molecule has 5 aliphatic rings. The number of hydrogen-bond acceptors (Lipinski definition) is 9. The first kappa shape index (κ1) is 31.7. The number of carbonyl (C=O) groups excluding carboxylic acids is 3. The van der Waals surface area contributed by atoms with E-state index < -0.39 is 63.9 Å².